The molecule has 3 atom stereocenters. The van der Waals surface area contributed by atoms with Crippen LogP contribution in [0.25, 0.3) is 0 Å². The molecule has 54 valence electrons. The van der Waals surface area contributed by atoms with E-state index in [-0.39, 0.29) is 0 Å². The van der Waals surface area contributed by atoms with E-state index >= 15 is 0 Å². The maximum Gasteiger partial charge on any atom is 0.0572 e. The van der Waals surface area contributed by atoms with E-state index in [0.717, 1.165) is 18.4 Å². The van der Waals surface area contributed by atoms with Crippen molar-refractivity contribution in [2.45, 2.75) is 33.3 Å². The van der Waals surface area contributed by atoms with Crippen molar-refractivity contribution in [1.82, 2.24) is 0 Å². The van der Waals surface area contributed by atoms with E-state index < -0.39 is 0 Å². The summed E-state index contributed by atoms with van der Waals surface area (Å²) < 4.78 is 5.50. The number of ether oxygens (including phenoxy) is 1. The lowest BCUT2D eigenvalue weighted by Crippen LogP contribution is -2.29. The van der Waals surface area contributed by atoms with Crippen molar-refractivity contribution in [1.29, 1.82) is 0 Å². The van der Waals surface area contributed by atoms with Gasteiger partial charge in [0.15, 0.2) is 0 Å². The summed E-state index contributed by atoms with van der Waals surface area (Å²) in [6, 6.07) is 0. The molecule has 1 rings (SSSR count). The maximum atomic E-state index is 5.50. The summed E-state index contributed by atoms with van der Waals surface area (Å²) in [6.45, 7) is 7.64. The van der Waals surface area contributed by atoms with E-state index in [0.29, 0.717) is 6.10 Å². The van der Waals surface area contributed by atoms with Crippen molar-refractivity contribution in [2.24, 2.45) is 11.8 Å². The van der Waals surface area contributed by atoms with Crippen molar-refractivity contribution in [2.75, 3.05) is 6.61 Å². The van der Waals surface area contributed by atoms with Gasteiger partial charge < -0.3 is 4.74 Å². The van der Waals surface area contributed by atoms with E-state index in [9.17, 15) is 0 Å². The SMILES string of the molecule is C[C@@H]1CO[C@H](C)[C@@H](C)C1. The van der Waals surface area contributed by atoms with Crippen LogP contribution in [0.2, 0.25) is 0 Å². The first-order chi connectivity index (χ1) is 4.20. The Morgan fingerprint density at radius 3 is 2.33 bits per heavy atom. The van der Waals surface area contributed by atoms with Crippen LogP contribution in [0.5, 0.6) is 0 Å². The fourth-order valence-corrected chi connectivity index (χ4v) is 1.37. The second-order valence-corrected chi connectivity index (χ2v) is 3.36. The summed E-state index contributed by atoms with van der Waals surface area (Å²) in [5.74, 6) is 1.53. The Hall–Kier alpha value is -0.0400. The second-order valence-electron chi connectivity index (χ2n) is 3.36. The van der Waals surface area contributed by atoms with Crippen molar-refractivity contribution in [3.05, 3.63) is 0 Å². The minimum absolute atomic E-state index is 0.487. The number of hydrogen-bond acceptors (Lipinski definition) is 1. The second kappa shape index (κ2) is 2.70. The molecule has 0 spiro atoms. The van der Waals surface area contributed by atoms with Crippen LogP contribution in [-0.4, -0.2) is 12.7 Å². The van der Waals surface area contributed by atoms with Gasteiger partial charge in [-0.25, -0.2) is 0 Å². The lowest BCUT2D eigenvalue weighted by molar-refractivity contribution is -0.0351. The highest BCUT2D eigenvalue weighted by Gasteiger charge is 2.21. The third-order valence-corrected chi connectivity index (χ3v) is 2.22. The van der Waals surface area contributed by atoms with Crippen LogP contribution in [0.4, 0.5) is 0 Å². The lowest BCUT2D eigenvalue weighted by Gasteiger charge is -2.30. The zero-order valence-corrected chi connectivity index (χ0v) is 6.55. The maximum absolute atomic E-state index is 5.50. The Kier molecular flexibility index (Phi) is 2.12. The topological polar surface area (TPSA) is 9.23 Å². The Bertz CT molecular complexity index is 90.6. The van der Waals surface area contributed by atoms with Crippen LogP contribution in [0.1, 0.15) is 27.2 Å². The summed E-state index contributed by atoms with van der Waals surface area (Å²) in [5, 5.41) is 0. The van der Waals surface area contributed by atoms with Crippen LogP contribution in [-0.2, 0) is 4.74 Å². The van der Waals surface area contributed by atoms with Crippen LogP contribution in [0.15, 0.2) is 0 Å². The zero-order valence-electron chi connectivity index (χ0n) is 6.55. The number of rotatable bonds is 0. The molecule has 1 heterocycles. The smallest absolute Gasteiger partial charge is 0.0572 e. The van der Waals surface area contributed by atoms with Crippen LogP contribution >= 0.6 is 0 Å². The van der Waals surface area contributed by atoms with Gasteiger partial charge in [-0.2, -0.15) is 0 Å². The molecule has 0 aromatic rings. The monoisotopic (exact) mass is 128 g/mol. The molecular weight excluding hydrogens is 112 g/mol. The Balaban J connectivity index is 2.35. The first kappa shape index (κ1) is 7.07. The molecule has 1 aliphatic heterocycles. The van der Waals surface area contributed by atoms with Gasteiger partial charge in [0.05, 0.1) is 6.10 Å². The third-order valence-electron chi connectivity index (χ3n) is 2.22. The lowest BCUT2D eigenvalue weighted by atomic mass is 9.91. The zero-order chi connectivity index (χ0) is 6.85. The van der Waals surface area contributed by atoms with Crippen LogP contribution in [0, 0.1) is 11.8 Å². The van der Waals surface area contributed by atoms with Gasteiger partial charge in [-0.05, 0) is 25.2 Å². The highest BCUT2D eigenvalue weighted by Crippen LogP contribution is 2.23. The summed E-state index contributed by atoms with van der Waals surface area (Å²) in [4.78, 5) is 0. The summed E-state index contributed by atoms with van der Waals surface area (Å²) in [5.41, 5.74) is 0. The average molecular weight is 128 g/mol. The highest BCUT2D eigenvalue weighted by molar-refractivity contribution is 4.70. The van der Waals surface area contributed by atoms with Gasteiger partial charge in [0, 0.05) is 6.61 Å². The molecular formula is C8H16O. The Labute approximate surface area is 57.4 Å². The molecule has 1 saturated heterocycles. The predicted molar refractivity (Wildman–Crippen MR) is 38.4 cm³/mol. The molecule has 1 fully saturated rings. The van der Waals surface area contributed by atoms with Gasteiger partial charge >= 0.3 is 0 Å². The summed E-state index contributed by atoms with van der Waals surface area (Å²) >= 11 is 0. The molecule has 0 radical (unpaired) electrons. The first-order valence-corrected chi connectivity index (χ1v) is 3.81. The standard InChI is InChI=1S/C8H16O/c1-6-4-7(2)8(3)9-5-6/h6-8H,4-5H2,1-3H3/t6-,7-,8+/m0/s1. The van der Waals surface area contributed by atoms with Gasteiger partial charge in [0.25, 0.3) is 0 Å². The molecule has 0 amide bonds. The fraction of sp³-hybridized carbons (Fsp3) is 1.00. The van der Waals surface area contributed by atoms with E-state index in [4.69, 9.17) is 4.74 Å². The summed E-state index contributed by atoms with van der Waals surface area (Å²) in [6.07, 6.45) is 1.82. The molecule has 1 heteroatoms. The van der Waals surface area contributed by atoms with Gasteiger partial charge in [0.1, 0.15) is 0 Å². The first-order valence-electron chi connectivity index (χ1n) is 3.81. The van der Waals surface area contributed by atoms with Gasteiger partial charge in [-0.1, -0.05) is 13.8 Å². The largest absolute Gasteiger partial charge is 0.378 e. The molecule has 0 aromatic heterocycles. The van der Waals surface area contributed by atoms with E-state index in [2.05, 4.69) is 20.8 Å². The molecule has 1 nitrogen and oxygen atoms in total. The van der Waals surface area contributed by atoms with Crippen LogP contribution < -0.4 is 0 Å². The molecule has 0 bridgehead atoms. The molecule has 1 aliphatic rings. The quantitative estimate of drug-likeness (QED) is 0.485. The summed E-state index contributed by atoms with van der Waals surface area (Å²) in [7, 11) is 0. The van der Waals surface area contributed by atoms with Crippen molar-refractivity contribution < 1.29 is 4.74 Å². The van der Waals surface area contributed by atoms with E-state index in [1.807, 2.05) is 0 Å². The average Bonchev–Trinajstić information content (AvgIpc) is 1.80. The van der Waals surface area contributed by atoms with Crippen molar-refractivity contribution in [3.8, 4) is 0 Å². The number of hydrogen-bond donors (Lipinski definition) is 0. The van der Waals surface area contributed by atoms with E-state index in [1.54, 1.807) is 0 Å². The van der Waals surface area contributed by atoms with Gasteiger partial charge in [-0.3, -0.25) is 0 Å². The predicted octanol–water partition coefficient (Wildman–Crippen LogP) is 2.07. The molecule has 0 saturated carbocycles. The normalized spacial score (nSPS) is 45.0. The fourth-order valence-electron chi connectivity index (χ4n) is 1.37. The minimum Gasteiger partial charge on any atom is -0.378 e. The van der Waals surface area contributed by atoms with Gasteiger partial charge in [0.2, 0.25) is 0 Å². The van der Waals surface area contributed by atoms with Gasteiger partial charge in [-0.15, -0.1) is 0 Å². The van der Waals surface area contributed by atoms with Crippen molar-refractivity contribution >= 4 is 0 Å². The highest BCUT2D eigenvalue weighted by atomic mass is 16.5. The molecule has 0 aliphatic carbocycles. The molecule has 9 heavy (non-hydrogen) atoms. The third kappa shape index (κ3) is 1.68. The Morgan fingerprint density at radius 1 is 1.22 bits per heavy atom. The van der Waals surface area contributed by atoms with E-state index in [1.165, 1.54) is 6.42 Å². The van der Waals surface area contributed by atoms with Crippen LogP contribution in [0.3, 0.4) is 0 Å². The Morgan fingerprint density at radius 2 is 1.89 bits per heavy atom. The minimum atomic E-state index is 0.487. The molecule has 0 N–H and O–H groups in total. The van der Waals surface area contributed by atoms with Crippen molar-refractivity contribution in [3.63, 3.8) is 0 Å². The molecule has 0 aromatic carbocycles. The molecule has 0 unspecified atom stereocenters.